The number of carbonyl (C=O) groups excluding carboxylic acids is 1. The summed E-state index contributed by atoms with van der Waals surface area (Å²) in [6.07, 6.45) is 5.20. The van der Waals surface area contributed by atoms with Gasteiger partial charge < -0.3 is 14.1 Å². The van der Waals surface area contributed by atoms with E-state index < -0.39 is 0 Å². The summed E-state index contributed by atoms with van der Waals surface area (Å²) in [5, 5.41) is 0. The minimum atomic E-state index is 0.0387. The van der Waals surface area contributed by atoms with Crippen molar-refractivity contribution in [3.8, 4) is 0 Å². The molecular weight excluding hydrogens is 242 g/mol. The molecule has 0 radical (unpaired) electrons. The van der Waals surface area contributed by atoms with E-state index in [1.54, 1.807) is 13.2 Å². The Labute approximate surface area is 113 Å². The van der Waals surface area contributed by atoms with E-state index in [-0.39, 0.29) is 5.91 Å². The van der Waals surface area contributed by atoms with E-state index in [2.05, 4.69) is 0 Å². The van der Waals surface area contributed by atoms with E-state index in [1.807, 2.05) is 11.0 Å². The van der Waals surface area contributed by atoms with Crippen molar-refractivity contribution in [3.63, 3.8) is 0 Å². The van der Waals surface area contributed by atoms with Gasteiger partial charge in [-0.05, 0) is 36.8 Å². The fraction of sp³-hybridized carbons (Fsp3) is 0.667. The van der Waals surface area contributed by atoms with Gasteiger partial charge in [0, 0.05) is 20.2 Å². The third kappa shape index (κ3) is 2.54. The van der Waals surface area contributed by atoms with Crippen LogP contribution in [0.4, 0.5) is 0 Å². The second kappa shape index (κ2) is 5.37. The zero-order valence-electron chi connectivity index (χ0n) is 11.4. The van der Waals surface area contributed by atoms with Crippen molar-refractivity contribution in [2.45, 2.75) is 32.3 Å². The molecule has 4 nitrogen and oxygen atoms in total. The Balaban J connectivity index is 1.66. The van der Waals surface area contributed by atoms with E-state index in [1.165, 1.54) is 25.7 Å². The molecule has 0 spiro atoms. The zero-order chi connectivity index (χ0) is 13.2. The first-order chi connectivity index (χ1) is 9.28. The van der Waals surface area contributed by atoms with E-state index >= 15 is 0 Å². The van der Waals surface area contributed by atoms with Crippen LogP contribution in [0.2, 0.25) is 0 Å². The molecule has 1 aliphatic heterocycles. The third-order valence-electron chi connectivity index (χ3n) is 4.42. The number of hydrogen-bond donors (Lipinski definition) is 0. The van der Waals surface area contributed by atoms with Gasteiger partial charge in [0.25, 0.3) is 5.91 Å². The second-order valence-corrected chi connectivity index (χ2v) is 5.71. The standard InChI is InChI=1S/C15H21NO3/c1-18-10-13-6-7-14(19-13)15(17)16-8-11-4-2-3-5-12(11)9-16/h6-7,11-12H,2-5,8-10H2,1H3. The topological polar surface area (TPSA) is 42.7 Å². The van der Waals surface area contributed by atoms with Gasteiger partial charge in [-0.25, -0.2) is 0 Å². The largest absolute Gasteiger partial charge is 0.453 e. The lowest BCUT2D eigenvalue weighted by atomic mass is 9.82. The average molecular weight is 263 g/mol. The van der Waals surface area contributed by atoms with E-state index in [9.17, 15) is 4.79 Å². The number of amides is 1. The number of fused-ring (bicyclic) bond motifs is 1. The molecule has 1 aromatic heterocycles. The monoisotopic (exact) mass is 263 g/mol. The molecular formula is C15H21NO3. The summed E-state index contributed by atoms with van der Waals surface area (Å²) in [5.41, 5.74) is 0. The van der Waals surface area contributed by atoms with Crippen molar-refractivity contribution in [2.75, 3.05) is 20.2 Å². The van der Waals surface area contributed by atoms with Crippen LogP contribution in [0.5, 0.6) is 0 Å². The maximum Gasteiger partial charge on any atom is 0.289 e. The fourth-order valence-corrected chi connectivity index (χ4v) is 3.44. The van der Waals surface area contributed by atoms with Crippen LogP contribution in [0.1, 0.15) is 42.0 Å². The SMILES string of the molecule is COCc1ccc(C(=O)N2CC3CCCCC3C2)o1. The summed E-state index contributed by atoms with van der Waals surface area (Å²) in [6.45, 7) is 2.23. The number of furan rings is 1. The van der Waals surface area contributed by atoms with Crippen LogP contribution in [0.15, 0.2) is 16.5 Å². The highest BCUT2D eigenvalue weighted by molar-refractivity contribution is 5.91. The molecule has 4 heteroatoms. The summed E-state index contributed by atoms with van der Waals surface area (Å²) in [7, 11) is 1.62. The molecule has 3 rings (SSSR count). The van der Waals surface area contributed by atoms with Gasteiger partial charge in [0.2, 0.25) is 0 Å². The Kier molecular flexibility index (Phi) is 3.60. The Hall–Kier alpha value is -1.29. The number of nitrogens with zero attached hydrogens (tertiary/aromatic N) is 1. The third-order valence-corrected chi connectivity index (χ3v) is 4.42. The maximum atomic E-state index is 12.4. The van der Waals surface area contributed by atoms with Crippen molar-refractivity contribution in [3.05, 3.63) is 23.7 Å². The molecule has 1 saturated heterocycles. The van der Waals surface area contributed by atoms with Crippen molar-refractivity contribution < 1.29 is 13.9 Å². The molecule has 2 fully saturated rings. The van der Waals surface area contributed by atoms with Crippen LogP contribution >= 0.6 is 0 Å². The molecule has 1 saturated carbocycles. The van der Waals surface area contributed by atoms with Gasteiger partial charge >= 0.3 is 0 Å². The summed E-state index contributed by atoms with van der Waals surface area (Å²) in [5.74, 6) is 2.63. The molecule has 1 aromatic rings. The molecule has 104 valence electrons. The number of methoxy groups -OCH3 is 1. The highest BCUT2D eigenvalue weighted by atomic mass is 16.5. The zero-order valence-corrected chi connectivity index (χ0v) is 11.4. The first kappa shape index (κ1) is 12.7. The molecule has 19 heavy (non-hydrogen) atoms. The van der Waals surface area contributed by atoms with Gasteiger partial charge in [-0.2, -0.15) is 0 Å². The maximum absolute atomic E-state index is 12.4. The van der Waals surface area contributed by atoms with Crippen LogP contribution in [-0.4, -0.2) is 31.0 Å². The lowest BCUT2D eigenvalue weighted by molar-refractivity contribution is 0.0744. The molecule has 1 amide bonds. The molecule has 0 N–H and O–H groups in total. The van der Waals surface area contributed by atoms with Gasteiger partial charge in [-0.3, -0.25) is 4.79 Å². The Morgan fingerprint density at radius 2 is 2.00 bits per heavy atom. The number of hydrogen-bond acceptors (Lipinski definition) is 3. The first-order valence-corrected chi connectivity index (χ1v) is 7.15. The quantitative estimate of drug-likeness (QED) is 0.842. The molecule has 2 atom stereocenters. The fourth-order valence-electron chi connectivity index (χ4n) is 3.44. The van der Waals surface area contributed by atoms with Gasteiger partial charge in [-0.15, -0.1) is 0 Å². The summed E-state index contributed by atoms with van der Waals surface area (Å²) < 4.78 is 10.5. The first-order valence-electron chi connectivity index (χ1n) is 7.15. The lowest BCUT2D eigenvalue weighted by Crippen LogP contribution is -2.28. The molecule has 2 unspecified atom stereocenters. The van der Waals surface area contributed by atoms with Gasteiger partial charge in [0.1, 0.15) is 12.4 Å². The predicted octanol–water partition coefficient (Wildman–Crippen LogP) is 2.69. The van der Waals surface area contributed by atoms with Crippen LogP contribution in [0, 0.1) is 11.8 Å². The number of carbonyl (C=O) groups is 1. The summed E-state index contributed by atoms with van der Waals surface area (Å²) in [6, 6.07) is 3.58. The van der Waals surface area contributed by atoms with Crippen LogP contribution in [0.25, 0.3) is 0 Å². The van der Waals surface area contributed by atoms with Crippen LogP contribution < -0.4 is 0 Å². The highest BCUT2D eigenvalue weighted by Crippen LogP contribution is 2.36. The normalized spacial score (nSPS) is 26.5. The van der Waals surface area contributed by atoms with Crippen LogP contribution in [0.3, 0.4) is 0 Å². The summed E-state index contributed by atoms with van der Waals surface area (Å²) in [4.78, 5) is 14.4. The second-order valence-electron chi connectivity index (χ2n) is 5.71. The highest BCUT2D eigenvalue weighted by Gasteiger charge is 2.37. The number of likely N-dealkylation sites (tertiary alicyclic amines) is 1. The van der Waals surface area contributed by atoms with Crippen molar-refractivity contribution in [1.29, 1.82) is 0 Å². The van der Waals surface area contributed by atoms with E-state index in [0.717, 1.165) is 13.1 Å². The van der Waals surface area contributed by atoms with Gasteiger partial charge in [0.15, 0.2) is 5.76 Å². The summed E-state index contributed by atoms with van der Waals surface area (Å²) >= 11 is 0. The number of ether oxygens (including phenoxy) is 1. The Morgan fingerprint density at radius 3 is 2.63 bits per heavy atom. The van der Waals surface area contributed by atoms with Gasteiger partial charge in [0.05, 0.1) is 0 Å². The average Bonchev–Trinajstić information content (AvgIpc) is 3.04. The van der Waals surface area contributed by atoms with Gasteiger partial charge in [-0.1, -0.05) is 12.8 Å². The minimum Gasteiger partial charge on any atom is -0.453 e. The Bertz CT molecular complexity index is 440. The minimum absolute atomic E-state index is 0.0387. The van der Waals surface area contributed by atoms with E-state index in [4.69, 9.17) is 9.15 Å². The molecule has 1 aliphatic carbocycles. The van der Waals surface area contributed by atoms with E-state index in [0.29, 0.717) is 30.0 Å². The lowest BCUT2D eigenvalue weighted by Gasteiger charge is -2.22. The smallest absolute Gasteiger partial charge is 0.289 e. The van der Waals surface area contributed by atoms with Crippen LogP contribution in [-0.2, 0) is 11.3 Å². The molecule has 2 aliphatic rings. The molecule has 0 aromatic carbocycles. The predicted molar refractivity (Wildman–Crippen MR) is 70.8 cm³/mol. The van der Waals surface area contributed by atoms with Crippen molar-refractivity contribution in [2.24, 2.45) is 11.8 Å². The molecule has 0 bridgehead atoms. The molecule has 2 heterocycles. The number of rotatable bonds is 3. The van der Waals surface area contributed by atoms with Crippen molar-refractivity contribution >= 4 is 5.91 Å². The Morgan fingerprint density at radius 1 is 1.32 bits per heavy atom. The van der Waals surface area contributed by atoms with Crippen molar-refractivity contribution in [1.82, 2.24) is 4.90 Å².